The van der Waals surface area contributed by atoms with Crippen LogP contribution in [0, 0.1) is 0 Å². The summed E-state index contributed by atoms with van der Waals surface area (Å²) in [7, 11) is 0. The van der Waals surface area contributed by atoms with Crippen LogP contribution in [0.5, 0.6) is 0 Å². The van der Waals surface area contributed by atoms with Gasteiger partial charge in [0.05, 0.1) is 5.56 Å². The van der Waals surface area contributed by atoms with Crippen LogP contribution >= 0.6 is 0 Å². The van der Waals surface area contributed by atoms with Crippen molar-refractivity contribution in [2.75, 3.05) is 19.6 Å². The van der Waals surface area contributed by atoms with Crippen LogP contribution < -0.4 is 10.9 Å². The Balaban J connectivity index is 1.95. The van der Waals surface area contributed by atoms with Crippen molar-refractivity contribution < 1.29 is 4.79 Å². The molecule has 2 N–H and O–H groups in total. The highest BCUT2D eigenvalue weighted by Gasteiger charge is 2.22. The van der Waals surface area contributed by atoms with Crippen molar-refractivity contribution in [3.8, 4) is 0 Å². The van der Waals surface area contributed by atoms with Gasteiger partial charge in [-0.2, -0.15) is 0 Å². The van der Waals surface area contributed by atoms with Crippen molar-refractivity contribution in [1.82, 2.24) is 15.2 Å². The number of pyridine rings is 1. The zero-order valence-corrected chi connectivity index (χ0v) is 10.6. The maximum atomic E-state index is 12.2. The van der Waals surface area contributed by atoms with Gasteiger partial charge in [0.25, 0.3) is 5.91 Å². The van der Waals surface area contributed by atoms with E-state index in [1.165, 1.54) is 12.3 Å². The molecule has 0 spiro atoms. The lowest BCUT2D eigenvalue weighted by molar-refractivity contribution is 0.0705. The lowest BCUT2D eigenvalue weighted by Gasteiger charge is -2.32. The van der Waals surface area contributed by atoms with Crippen molar-refractivity contribution in [2.45, 2.75) is 25.8 Å². The van der Waals surface area contributed by atoms with Gasteiger partial charge in [0, 0.05) is 31.4 Å². The number of H-pyrrole nitrogens is 1. The highest BCUT2D eigenvalue weighted by molar-refractivity contribution is 5.93. The molecule has 0 aromatic carbocycles. The van der Waals surface area contributed by atoms with Crippen molar-refractivity contribution in [3.63, 3.8) is 0 Å². The number of hydrogen-bond donors (Lipinski definition) is 2. The van der Waals surface area contributed by atoms with E-state index in [1.54, 1.807) is 6.07 Å². The smallest absolute Gasteiger partial charge is 0.255 e. The maximum Gasteiger partial charge on any atom is 0.255 e. The van der Waals surface area contributed by atoms with Gasteiger partial charge in [-0.3, -0.25) is 9.59 Å². The van der Waals surface area contributed by atoms with Crippen LogP contribution in [0.15, 0.2) is 23.1 Å². The lowest BCUT2D eigenvalue weighted by atomic mass is 10.0. The van der Waals surface area contributed by atoms with Gasteiger partial charge in [-0.15, -0.1) is 0 Å². The molecule has 0 bridgehead atoms. The van der Waals surface area contributed by atoms with Crippen molar-refractivity contribution in [2.24, 2.45) is 0 Å². The molecule has 0 unspecified atom stereocenters. The van der Waals surface area contributed by atoms with E-state index < -0.39 is 0 Å². The molecule has 1 fully saturated rings. The Labute approximate surface area is 106 Å². The molecule has 0 atom stereocenters. The van der Waals surface area contributed by atoms with Gasteiger partial charge in [-0.05, 0) is 25.5 Å². The quantitative estimate of drug-likeness (QED) is 0.824. The van der Waals surface area contributed by atoms with Crippen LogP contribution in [0.4, 0.5) is 0 Å². The first-order valence-corrected chi connectivity index (χ1v) is 6.42. The molecule has 5 heteroatoms. The molecule has 5 nitrogen and oxygen atoms in total. The third kappa shape index (κ3) is 2.98. The molecule has 2 heterocycles. The van der Waals surface area contributed by atoms with Crippen LogP contribution in [0.1, 0.15) is 30.1 Å². The van der Waals surface area contributed by atoms with E-state index in [9.17, 15) is 9.59 Å². The first-order chi connectivity index (χ1) is 8.70. The van der Waals surface area contributed by atoms with E-state index in [0.717, 1.165) is 32.5 Å². The Morgan fingerprint density at radius 2 is 2.17 bits per heavy atom. The van der Waals surface area contributed by atoms with E-state index in [0.29, 0.717) is 11.6 Å². The number of nitrogens with zero attached hydrogens (tertiary/aromatic N) is 1. The summed E-state index contributed by atoms with van der Waals surface area (Å²) >= 11 is 0. The van der Waals surface area contributed by atoms with Crippen molar-refractivity contribution in [3.05, 3.63) is 34.2 Å². The number of aromatic amines is 1. The van der Waals surface area contributed by atoms with Gasteiger partial charge in [-0.1, -0.05) is 6.92 Å². The first-order valence-electron chi connectivity index (χ1n) is 6.42. The zero-order chi connectivity index (χ0) is 13.0. The number of rotatable bonds is 3. The van der Waals surface area contributed by atoms with E-state index in [-0.39, 0.29) is 11.5 Å². The number of carbonyl (C=O) groups is 1. The van der Waals surface area contributed by atoms with Gasteiger partial charge >= 0.3 is 0 Å². The number of carbonyl (C=O) groups excluding carboxylic acids is 1. The minimum absolute atomic E-state index is 0.00111. The fraction of sp³-hybridized carbons (Fsp3) is 0.538. The molecule has 0 aliphatic carbocycles. The van der Waals surface area contributed by atoms with Crippen LogP contribution in [0.3, 0.4) is 0 Å². The minimum Gasteiger partial charge on any atom is -0.338 e. The second kappa shape index (κ2) is 5.82. The van der Waals surface area contributed by atoms with E-state index in [4.69, 9.17) is 0 Å². The first kappa shape index (κ1) is 12.8. The molecule has 0 saturated carbocycles. The topological polar surface area (TPSA) is 65.2 Å². The highest BCUT2D eigenvalue weighted by Crippen LogP contribution is 2.13. The summed E-state index contributed by atoms with van der Waals surface area (Å²) in [5.41, 5.74) is 0.369. The predicted octanol–water partition coefficient (Wildman–Crippen LogP) is 0.589. The molecule has 1 aromatic heterocycles. The van der Waals surface area contributed by atoms with Crippen LogP contribution in [-0.4, -0.2) is 41.5 Å². The second-order valence-electron chi connectivity index (χ2n) is 4.57. The van der Waals surface area contributed by atoms with Gasteiger partial charge in [0.2, 0.25) is 5.56 Å². The van der Waals surface area contributed by atoms with Gasteiger partial charge in [-0.25, -0.2) is 0 Å². The molecular formula is C13H19N3O2. The van der Waals surface area contributed by atoms with Gasteiger partial charge in [0.1, 0.15) is 0 Å². The second-order valence-corrected chi connectivity index (χ2v) is 4.57. The zero-order valence-electron chi connectivity index (χ0n) is 10.6. The Kier molecular flexibility index (Phi) is 4.15. The molecule has 98 valence electrons. The number of aromatic nitrogens is 1. The molecule has 1 aromatic rings. The largest absolute Gasteiger partial charge is 0.338 e. The third-order valence-corrected chi connectivity index (χ3v) is 3.31. The lowest BCUT2D eigenvalue weighted by Crippen LogP contribution is -2.44. The van der Waals surface area contributed by atoms with Gasteiger partial charge < -0.3 is 15.2 Å². The summed E-state index contributed by atoms with van der Waals surface area (Å²) in [6.45, 7) is 4.61. The SMILES string of the molecule is CCNC1CCN(C(=O)c2ccc(=O)[nH]c2)CC1. The Morgan fingerprint density at radius 3 is 2.72 bits per heavy atom. The summed E-state index contributed by atoms with van der Waals surface area (Å²) in [5.74, 6) is 0.00111. The number of likely N-dealkylation sites (tertiary alicyclic amines) is 1. The molecule has 1 amide bonds. The molecule has 1 aliphatic rings. The fourth-order valence-corrected chi connectivity index (χ4v) is 2.30. The number of nitrogens with one attached hydrogen (secondary N) is 2. The standard InChI is InChI=1S/C13H19N3O2/c1-2-14-11-5-7-16(8-6-11)13(18)10-3-4-12(17)15-9-10/h3-4,9,11,14H,2,5-8H2,1H3,(H,15,17). The number of hydrogen-bond acceptors (Lipinski definition) is 3. The van der Waals surface area contributed by atoms with Crippen molar-refractivity contribution in [1.29, 1.82) is 0 Å². The molecule has 1 aliphatic heterocycles. The molecular weight excluding hydrogens is 230 g/mol. The fourth-order valence-electron chi connectivity index (χ4n) is 2.30. The Hall–Kier alpha value is -1.62. The van der Waals surface area contributed by atoms with Crippen molar-refractivity contribution >= 4 is 5.91 Å². The maximum absolute atomic E-state index is 12.2. The molecule has 0 radical (unpaired) electrons. The molecule has 18 heavy (non-hydrogen) atoms. The molecule has 2 rings (SSSR count). The normalized spacial score (nSPS) is 16.8. The third-order valence-electron chi connectivity index (χ3n) is 3.31. The summed E-state index contributed by atoms with van der Waals surface area (Å²) < 4.78 is 0. The summed E-state index contributed by atoms with van der Waals surface area (Å²) in [6.07, 6.45) is 3.47. The average Bonchev–Trinajstić information content (AvgIpc) is 2.40. The summed E-state index contributed by atoms with van der Waals surface area (Å²) in [6, 6.07) is 3.49. The average molecular weight is 249 g/mol. The number of amides is 1. The summed E-state index contributed by atoms with van der Waals surface area (Å²) in [4.78, 5) is 27.5. The Morgan fingerprint density at radius 1 is 1.44 bits per heavy atom. The van der Waals surface area contributed by atoms with Crippen LogP contribution in [-0.2, 0) is 0 Å². The van der Waals surface area contributed by atoms with E-state index in [1.807, 2.05) is 4.90 Å². The van der Waals surface area contributed by atoms with Gasteiger partial charge in [0.15, 0.2) is 0 Å². The highest BCUT2D eigenvalue weighted by atomic mass is 16.2. The number of piperidine rings is 1. The van der Waals surface area contributed by atoms with Crippen LogP contribution in [0.25, 0.3) is 0 Å². The van der Waals surface area contributed by atoms with Crippen LogP contribution in [0.2, 0.25) is 0 Å². The predicted molar refractivity (Wildman–Crippen MR) is 69.7 cm³/mol. The molecule has 1 saturated heterocycles. The van der Waals surface area contributed by atoms with E-state index >= 15 is 0 Å². The minimum atomic E-state index is -0.183. The monoisotopic (exact) mass is 249 g/mol. The summed E-state index contributed by atoms with van der Waals surface area (Å²) in [5, 5.41) is 3.41. The van der Waals surface area contributed by atoms with E-state index in [2.05, 4.69) is 17.2 Å². The Bertz CT molecular complexity index is 441.